The lowest BCUT2D eigenvalue weighted by Crippen LogP contribution is -1.90. The molecule has 0 amide bonds. The molecule has 0 saturated heterocycles. The Morgan fingerprint density at radius 3 is 2.45 bits per heavy atom. The predicted molar refractivity (Wildman–Crippen MR) is 128 cm³/mol. The minimum absolute atomic E-state index is 0.0724. The van der Waals surface area contributed by atoms with Crippen LogP contribution < -0.4 is 0 Å². The minimum Gasteiger partial charge on any atom is -0.506 e. The lowest BCUT2D eigenvalue weighted by Gasteiger charge is -2.02. The maximum absolute atomic E-state index is 13.2. The fourth-order valence-electron chi connectivity index (χ4n) is 2.77. The van der Waals surface area contributed by atoms with Gasteiger partial charge in [0, 0.05) is 21.8 Å². The monoisotopic (exact) mass is 540 g/mol. The third-order valence-corrected chi connectivity index (χ3v) is 5.38. The summed E-state index contributed by atoms with van der Waals surface area (Å²) >= 11 is 6.72. The molecular formula is C23H15Br2FN4O. The minimum atomic E-state index is -0.309. The summed E-state index contributed by atoms with van der Waals surface area (Å²) in [5, 5.41) is 14.7. The molecule has 154 valence electrons. The fourth-order valence-corrected chi connectivity index (χ4v) is 4.03. The Labute approximate surface area is 194 Å². The number of phenols is 1. The summed E-state index contributed by atoms with van der Waals surface area (Å²) < 4.78 is 16.0. The van der Waals surface area contributed by atoms with Gasteiger partial charge in [-0.2, -0.15) is 5.10 Å². The van der Waals surface area contributed by atoms with Crippen LogP contribution in [-0.4, -0.2) is 27.2 Å². The third-order valence-electron chi connectivity index (χ3n) is 4.32. The van der Waals surface area contributed by atoms with E-state index in [4.69, 9.17) is 0 Å². The average Bonchev–Trinajstić information content (AvgIpc) is 3.18. The highest BCUT2D eigenvalue weighted by atomic mass is 79.9. The highest BCUT2D eigenvalue weighted by molar-refractivity contribution is 9.11. The molecule has 1 aromatic heterocycles. The number of imidazole rings is 1. The number of rotatable bonds is 5. The highest BCUT2D eigenvalue weighted by Crippen LogP contribution is 2.31. The van der Waals surface area contributed by atoms with Crippen LogP contribution in [0.2, 0.25) is 0 Å². The fraction of sp³-hybridized carbons (Fsp3) is 0. The summed E-state index contributed by atoms with van der Waals surface area (Å²) in [6.45, 7) is 0. The molecule has 8 heteroatoms. The zero-order valence-electron chi connectivity index (χ0n) is 16.0. The predicted octanol–water partition coefficient (Wildman–Crippen LogP) is 6.55. The van der Waals surface area contributed by atoms with E-state index in [0.29, 0.717) is 21.7 Å². The topological polar surface area (TPSA) is 62.8 Å². The lowest BCUT2D eigenvalue weighted by molar-refractivity contribution is 0.471. The van der Waals surface area contributed by atoms with E-state index in [2.05, 4.69) is 46.9 Å². The van der Waals surface area contributed by atoms with E-state index in [-0.39, 0.29) is 11.6 Å². The number of phenolic OH excluding ortho intramolecular Hbond substituents is 1. The first kappa shape index (κ1) is 21.1. The summed E-state index contributed by atoms with van der Waals surface area (Å²) in [7, 11) is 0. The number of hydrogen-bond donors (Lipinski definition) is 1. The molecule has 0 aliphatic carbocycles. The van der Waals surface area contributed by atoms with Crippen molar-refractivity contribution in [3.63, 3.8) is 0 Å². The van der Waals surface area contributed by atoms with E-state index >= 15 is 0 Å². The summed E-state index contributed by atoms with van der Waals surface area (Å²) in [4.78, 5) is 9.03. The molecule has 0 fully saturated rings. The van der Waals surface area contributed by atoms with Crippen molar-refractivity contribution in [2.45, 2.75) is 0 Å². The first-order chi connectivity index (χ1) is 15.0. The maximum atomic E-state index is 13.2. The van der Waals surface area contributed by atoms with Gasteiger partial charge in [0.2, 0.25) is 0 Å². The number of aliphatic imine (C=N–C) groups is 1. The summed E-state index contributed by atoms with van der Waals surface area (Å²) in [5.74, 6) is 0.0901. The van der Waals surface area contributed by atoms with Gasteiger partial charge < -0.3 is 5.11 Å². The van der Waals surface area contributed by atoms with Gasteiger partial charge in [-0.1, -0.05) is 58.4 Å². The second-order valence-electron chi connectivity index (χ2n) is 6.52. The number of nitrogens with zero attached hydrogens (tertiary/aromatic N) is 4. The molecule has 1 heterocycles. The molecule has 5 nitrogen and oxygen atoms in total. The Morgan fingerprint density at radius 1 is 0.968 bits per heavy atom. The van der Waals surface area contributed by atoms with Gasteiger partial charge in [-0.05, 0) is 45.8 Å². The van der Waals surface area contributed by atoms with E-state index in [0.717, 1.165) is 15.6 Å². The van der Waals surface area contributed by atoms with E-state index in [1.807, 2.05) is 30.3 Å². The first-order valence-corrected chi connectivity index (χ1v) is 10.7. The summed E-state index contributed by atoms with van der Waals surface area (Å²) in [6.07, 6.45) is 4.88. The molecule has 0 unspecified atom stereocenters. The Morgan fingerprint density at radius 2 is 1.71 bits per heavy atom. The molecule has 31 heavy (non-hydrogen) atoms. The largest absolute Gasteiger partial charge is 0.506 e. The van der Waals surface area contributed by atoms with Gasteiger partial charge >= 0.3 is 0 Å². The molecule has 4 rings (SSSR count). The third kappa shape index (κ3) is 5.15. The Kier molecular flexibility index (Phi) is 6.39. The summed E-state index contributed by atoms with van der Waals surface area (Å²) in [6, 6.07) is 19.2. The van der Waals surface area contributed by atoms with Crippen LogP contribution in [0.3, 0.4) is 0 Å². The van der Waals surface area contributed by atoms with Gasteiger partial charge in [-0.25, -0.2) is 19.0 Å². The van der Waals surface area contributed by atoms with Crippen LogP contribution in [-0.2, 0) is 0 Å². The first-order valence-electron chi connectivity index (χ1n) is 9.16. The van der Waals surface area contributed by atoms with Gasteiger partial charge in [0.05, 0.1) is 22.6 Å². The Bertz CT molecular complexity index is 1270. The number of aromatic nitrogens is 2. The van der Waals surface area contributed by atoms with Crippen molar-refractivity contribution in [3.8, 4) is 17.0 Å². The highest BCUT2D eigenvalue weighted by Gasteiger charge is 2.10. The Hall–Kier alpha value is -3.10. The number of benzene rings is 3. The van der Waals surface area contributed by atoms with Crippen LogP contribution in [0, 0.1) is 5.82 Å². The molecule has 0 radical (unpaired) electrons. The van der Waals surface area contributed by atoms with Gasteiger partial charge in [0.1, 0.15) is 11.6 Å². The molecule has 0 atom stereocenters. The van der Waals surface area contributed by atoms with Crippen molar-refractivity contribution < 1.29 is 9.50 Å². The van der Waals surface area contributed by atoms with Crippen LogP contribution in [0.5, 0.6) is 5.75 Å². The molecule has 1 N–H and O–H groups in total. The van der Waals surface area contributed by atoms with E-state index in [1.54, 1.807) is 36.7 Å². The van der Waals surface area contributed by atoms with E-state index in [1.165, 1.54) is 23.0 Å². The standard InChI is InChI=1S/C23H15Br2FN4O/c24-18-10-17(22(31)20(25)11-18)13-27-23-29-21(16-4-2-1-3-5-16)14-30(23)28-12-15-6-8-19(26)9-7-15/h1-14,31H/b27-13?,28-12+. The lowest BCUT2D eigenvalue weighted by atomic mass is 10.2. The second kappa shape index (κ2) is 9.36. The molecule has 0 aliphatic rings. The maximum Gasteiger partial charge on any atom is 0.251 e. The smallest absolute Gasteiger partial charge is 0.251 e. The second-order valence-corrected chi connectivity index (χ2v) is 8.29. The van der Waals surface area contributed by atoms with Crippen LogP contribution in [0.15, 0.2) is 92.0 Å². The van der Waals surface area contributed by atoms with Crippen LogP contribution in [0.1, 0.15) is 11.1 Å². The van der Waals surface area contributed by atoms with Gasteiger partial charge in [0.25, 0.3) is 5.95 Å². The number of aromatic hydroxyl groups is 1. The SMILES string of the molecule is Oc1c(Br)cc(Br)cc1C=Nc1nc(-c2ccccc2)cn1/N=C/c1ccc(F)cc1. The van der Waals surface area contributed by atoms with Gasteiger partial charge in [-0.3, -0.25) is 0 Å². The van der Waals surface area contributed by atoms with Gasteiger partial charge in [-0.15, -0.1) is 0 Å². The van der Waals surface area contributed by atoms with Gasteiger partial charge in [0.15, 0.2) is 0 Å². The zero-order valence-corrected chi connectivity index (χ0v) is 19.1. The van der Waals surface area contributed by atoms with Crippen molar-refractivity contribution in [2.75, 3.05) is 0 Å². The normalized spacial score (nSPS) is 11.6. The zero-order chi connectivity index (χ0) is 21.8. The van der Waals surface area contributed by atoms with Crippen molar-refractivity contribution >= 4 is 50.2 Å². The molecular weight excluding hydrogens is 527 g/mol. The quantitative estimate of drug-likeness (QED) is 0.291. The van der Waals surface area contributed by atoms with Crippen molar-refractivity contribution in [1.29, 1.82) is 0 Å². The average molecular weight is 542 g/mol. The molecule has 0 saturated carbocycles. The molecule has 0 aliphatic heterocycles. The van der Waals surface area contributed by atoms with E-state index in [9.17, 15) is 9.50 Å². The van der Waals surface area contributed by atoms with E-state index < -0.39 is 0 Å². The van der Waals surface area contributed by atoms with Crippen molar-refractivity contribution in [2.24, 2.45) is 10.1 Å². The van der Waals surface area contributed by atoms with Crippen LogP contribution in [0.4, 0.5) is 10.3 Å². The molecule has 4 aromatic rings. The molecule has 0 bridgehead atoms. The van der Waals surface area contributed by atoms with Crippen LogP contribution in [0.25, 0.3) is 11.3 Å². The van der Waals surface area contributed by atoms with Crippen molar-refractivity contribution in [1.82, 2.24) is 9.66 Å². The van der Waals surface area contributed by atoms with Crippen molar-refractivity contribution in [3.05, 3.63) is 98.8 Å². The van der Waals surface area contributed by atoms with Crippen LogP contribution >= 0.6 is 31.9 Å². The molecule has 3 aromatic carbocycles. The summed E-state index contributed by atoms with van der Waals surface area (Å²) in [5.41, 5.74) is 2.87. The number of hydrogen-bond acceptors (Lipinski definition) is 4. The Balaban J connectivity index is 1.73. The molecule has 0 spiro atoms. The number of halogens is 3.